The molecule has 0 heterocycles. The number of hydrogen-bond acceptors (Lipinski definition) is 1. The summed E-state index contributed by atoms with van der Waals surface area (Å²) in [4.78, 5) is 0. The predicted molar refractivity (Wildman–Crippen MR) is 91.1 cm³/mol. The van der Waals surface area contributed by atoms with Crippen molar-refractivity contribution < 1.29 is 21.7 Å². The van der Waals surface area contributed by atoms with Crippen molar-refractivity contribution in [3.05, 3.63) is 6.65 Å². The summed E-state index contributed by atoms with van der Waals surface area (Å²) in [5.74, 6) is 0. The van der Waals surface area contributed by atoms with E-state index in [1.807, 2.05) is 0 Å². The quantitative estimate of drug-likeness (QED) is 0.213. The fourth-order valence-electron chi connectivity index (χ4n) is 1.68. The molecule has 0 aromatic carbocycles. The van der Waals surface area contributed by atoms with Gasteiger partial charge in [0.1, 0.15) is 0 Å². The van der Waals surface area contributed by atoms with Crippen LogP contribution in [0.5, 0.6) is 0 Å². The van der Waals surface area contributed by atoms with E-state index in [4.69, 9.17) is 4.65 Å². The standard InChI is InChI=1S/C12H29NP2.CO.B.Fe.2H/c1-5-14(6-2)11-9-13-10-12-15(7-3)8-4;1-2;;;;/h13H,5-12H2,1-4H3;;;;;. The molecule has 3 radical (unpaired) electrons. The fourth-order valence-corrected chi connectivity index (χ4v) is 4.79. The van der Waals surface area contributed by atoms with Crippen LogP contribution >= 0.6 is 15.8 Å². The van der Waals surface area contributed by atoms with Crippen LogP contribution in [-0.4, -0.2) is 58.5 Å². The third-order valence-electron chi connectivity index (χ3n) is 3.00. The molecule has 1 N–H and O–H groups in total. The molecule has 0 aromatic heterocycles. The van der Waals surface area contributed by atoms with E-state index in [0.29, 0.717) is 15.8 Å². The van der Waals surface area contributed by atoms with E-state index >= 15 is 0 Å². The van der Waals surface area contributed by atoms with Crippen molar-refractivity contribution in [2.45, 2.75) is 27.7 Å². The molecule has 0 saturated carbocycles. The van der Waals surface area contributed by atoms with Gasteiger partial charge in [-0.3, -0.25) is 0 Å². The average Bonchev–Trinajstić information content (AvgIpc) is 2.41. The molecule has 0 bridgehead atoms. The molecule has 115 valence electrons. The van der Waals surface area contributed by atoms with Gasteiger partial charge in [-0.15, -0.1) is 15.8 Å². The summed E-state index contributed by atoms with van der Waals surface area (Å²) in [7, 11) is 0.695. The van der Waals surface area contributed by atoms with Crippen LogP contribution in [0.25, 0.3) is 0 Å². The van der Waals surface area contributed by atoms with Crippen molar-refractivity contribution >= 4 is 24.3 Å². The Bertz CT molecular complexity index is 154. The maximum absolute atomic E-state index is 7.50. The molecule has 0 fully saturated rings. The zero-order chi connectivity index (χ0) is 13.5. The van der Waals surface area contributed by atoms with Gasteiger partial charge < -0.3 is 5.32 Å². The average molecular weight is 346 g/mol. The van der Waals surface area contributed by atoms with Crippen LogP contribution in [0.15, 0.2) is 0 Å². The molecule has 6 heteroatoms. The number of rotatable bonds is 10. The Morgan fingerprint density at radius 3 is 1.26 bits per heavy atom. The van der Waals surface area contributed by atoms with Crippen molar-refractivity contribution in [2.75, 3.05) is 50.1 Å². The van der Waals surface area contributed by atoms with Crippen LogP contribution in [0.2, 0.25) is 0 Å². The van der Waals surface area contributed by atoms with Crippen LogP contribution in [0.4, 0.5) is 0 Å². The normalized spacial score (nSPS) is 9.26. The third kappa shape index (κ3) is 19.1. The monoisotopic (exact) mass is 346 g/mol. The Balaban J connectivity index is -0.000000267. The van der Waals surface area contributed by atoms with Gasteiger partial charge in [-0.25, -0.2) is 0 Å². The zero-order valence-corrected chi connectivity index (χ0v) is 16.0. The van der Waals surface area contributed by atoms with Gasteiger partial charge in [0.15, 0.2) is 0 Å². The molecule has 0 amide bonds. The summed E-state index contributed by atoms with van der Waals surface area (Å²) < 4.78 is 7.50. The van der Waals surface area contributed by atoms with E-state index in [9.17, 15) is 0 Å². The molecule has 0 unspecified atom stereocenters. The molecule has 0 spiro atoms. The second kappa shape index (κ2) is 24.2. The summed E-state index contributed by atoms with van der Waals surface area (Å²) in [5.41, 5.74) is 0. The van der Waals surface area contributed by atoms with Gasteiger partial charge in [-0.1, -0.05) is 27.7 Å². The first kappa shape index (κ1) is 28.3. The van der Waals surface area contributed by atoms with Gasteiger partial charge in [0.25, 0.3) is 0 Å². The SMILES string of the molecule is CCP(CC)CCNCCP(CC)CC.[B].[C-]#[O+].[FeH2]. The summed E-state index contributed by atoms with van der Waals surface area (Å²) >= 11 is 0. The van der Waals surface area contributed by atoms with Gasteiger partial charge in [-0.2, -0.15) is 0 Å². The van der Waals surface area contributed by atoms with E-state index in [1.165, 1.54) is 50.1 Å². The van der Waals surface area contributed by atoms with Crippen molar-refractivity contribution in [3.8, 4) is 0 Å². The minimum absolute atomic E-state index is 0. The summed E-state index contributed by atoms with van der Waals surface area (Å²) in [5, 5.41) is 3.62. The van der Waals surface area contributed by atoms with E-state index in [2.05, 4.69) is 39.7 Å². The van der Waals surface area contributed by atoms with Gasteiger partial charge >= 0.3 is 28.4 Å². The minimum atomic E-state index is 0. The second-order valence-electron chi connectivity index (χ2n) is 3.80. The molecule has 0 aliphatic rings. The molecule has 0 aliphatic carbocycles. The Labute approximate surface area is 135 Å². The first-order valence-corrected chi connectivity index (χ1v) is 10.4. The second-order valence-corrected chi connectivity index (χ2v) is 9.91. The first-order valence-electron chi connectivity index (χ1n) is 6.64. The van der Waals surface area contributed by atoms with Crippen LogP contribution in [0.1, 0.15) is 27.7 Å². The van der Waals surface area contributed by atoms with Gasteiger partial charge in [0, 0.05) is 8.41 Å². The molecule has 0 aromatic rings. The molecule has 2 nitrogen and oxygen atoms in total. The van der Waals surface area contributed by atoms with E-state index in [1.54, 1.807) is 0 Å². The van der Waals surface area contributed by atoms with Crippen molar-refractivity contribution in [2.24, 2.45) is 0 Å². The Hall–Kier alpha value is 1.14. The van der Waals surface area contributed by atoms with Crippen LogP contribution in [0, 0.1) is 6.65 Å². The molecule has 0 rings (SSSR count). The Kier molecular flexibility index (Phi) is 36.1. The van der Waals surface area contributed by atoms with Gasteiger partial charge in [-0.05, 0) is 50.1 Å². The summed E-state index contributed by atoms with van der Waals surface area (Å²) in [6, 6.07) is 0. The zero-order valence-electron chi connectivity index (χ0n) is 12.9. The van der Waals surface area contributed by atoms with Crippen molar-refractivity contribution in [1.82, 2.24) is 5.32 Å². The van der Waals surface area contributed by atoms with Crippen molar-refractivity contribution in [1.29, 1.82) is 0 Å². The maximum atomic E-state index is 7.50. The third-order valence-corrected chi connectivity index (χ3v) is 8.29. The molecule has 0 aliphatic heterocycles. The van der Waals surface area contributed by atoms with Crippen LogP contribution in [-0.2, 0) is 21.7 Å². The molecular formula is C13H31BFeNOP2. The van der Waals surface area contributed by atoms with E-state index in [-0.39, 0.29) is 25.5 Å². The van der Waals surface area contributed by atoms with Crippen molar-refractivity contribution in [3.63, 3.8) is 0 Å². The predicted octanol–water partition coefficient (Wildman–Crippen LogP) is 2.66. The molecule has 19 heavy (non-hydrogen) atoms. The number of hydrogen-bond donors (Lipinski definition) is 1. The summed E-state index contributed by atoms with van der Waals surface area (Å²) in [6.45, 7) is 16.4. The molecule has 0 saturated heterocycles. The number of nitrogens with one attached hydrogen (secondary N) is 1. The molecular weight excluding hydrogens is 315 g/mol. The Morgan fingerprint density at radius 1 is 0.789 bits per heavy atom. The van der Waals surface area contributed by atoms with E-state index in [0.717, 1.165) is 0 Å². The molecule has 0 atom stereocenters. The van der Waals surface area contributed by atoms with Gasteiger partial charge in [0.05, 0.1) is 0 Å². The van der Waals surface area contributed by atoms with Crippen LogP contribution in [0.3, 0.4) is 0 Å². The first-order chi connectivity index (χ1) is 8.28. The Morgan fingerprint density at radius 2 is 1.05 bits per heavy atom. The van der Waals surface area contributed by atoms with Crippen LogP contribution < -0.4 is 5.32 Å². The summed E-state index contributed by atoms with van der Waals surface area (Å²) in [6.07, 6.45) is 8.49. The topological polar surface area (TPSA) is 31.9 Å². The van der Waals surface area contributed by atoms with E-state index < -0.39 is 0 Å². The fraction of sp³-hybridized carbons (Fsp3) is 0.923. The van der Waals surface area contributed by atoms with Gasteiger partial charge in [0.2, 0.25) is 0 Å².